The number of anilines is 2. The molecule has 0 bridgehead atoms. The van der Waals surface area contributed by atoms with Crippen LogP contribution in [0.25, 0.3) is 22.2 Å². The number of ether oxygens (including phenoxy) is 1. The van der Waals surface area contributed by atoms with Crippen LogP contribution in [0.2, 0.25) is 0 Å². The number of likely N-dealkylation sites (tertiary alicyclic amines) is 1. The highest BCUT2D eigenvalue weighted by atomic mass is 16.5. The van der Waals surface area contributed by atoms with Gasteiger partial charge in [-0.1, -0.05) is 12.2 Å². The Morgan fingerprint density at radius 1 is 0.962 bits per heavy atom. The lowest BCUT2D eigenvalue weighted by Gasteiger charge is -2.18. The molecule has 2 aliphatic heterocycles. The molecule has 17 nitrogen and oxygen atoms in total. The number of pyridine rings is 1. The van der Waals surface area contributed by atoms with Gasteiger partial charge in [0.2, 0.25) is 23.7 Å². The SMILES string of the molecule is CCn1nc(C)cc1C(=O)Nc1nc2cc(C(N)=O)cnc2n1C/C=C/Cn1c(NC)nc2cc(C(N)=O)cc(OCCN3CC4CNCC4C3)c21. The summed E-state index contributed by atoms with van der Waals surface area (Å²) in [6, 6.07) is 6.61. The summed E-state index contributed by atoms with van der Waals surface area (Å²) in [6.45, 7) is 10.4. The van der Waals surface area contributed by atoms with Crippen molar-refractivity contribution < 1.29 is 19.1 Å². The highest BCUT2D eigenvalue weighted by Crippen LogP contribution is 2.32. The Kier molecular flexibility index (Phi) is 9.61. The van der Waals surface area contributed by atoms with Crippen LogP contribution in [0.15, 0.2) is 42.6 Å². The fourth-order valence-electron chi connectivity index (χ4n) is 7.18. The van der Waals surface area contributed by atoms with Gasteiger partial charge in [-0.15, -0.1) is 0 Å². The summed E-state index contributed by atoms with van der Waals surface area (Å²) in [5, 5.41) is 13.9. The summed E-state index contributed by atoms with van der Waals surface area (Å²) in [6.07, 6.45) is 5.26. The Morgan fingerprint density at radius 3 is 2.35 bits per heavy atom. The van der Waals surface area contributed by atoms with Gasteiger partial charge in [-0.2, -0.15) is 5.10 Å². The van der Waals surface area contributed by atoms with Gasteiger partial charge in [-0.25, -0.2) is 15.0 Å². The summed E-state index contributed by atoms with van der Waals surface area (Å²) in [5.41, 5.74) is 15.0. The molecule has 2 unspecified atom stereocenters. The minimum Gasteiger partial charge on any atom is -0.490 e. The topological polar surface area (TPSA) is 218 Å². The molecule has 7 rings (SSSR count). The number of benzene rings is 1. The fraction of sp³-hybridized carbons (Fsp3) is 0.400. The van der Waals surface area contributed by atoms with Crippen molar-refractivity contribution in [1.82, 2.24) is 44.1 Å². The van der Waals surface area contributed by atoms with Crippen LogP contribution in [0.1, 0.15) is 43.8 Å². The van der Waals surface area contributed by atoms with E-state index in [0.717, 1.165) is 43.9 Å². The second-order valence-corrected chi connectivity index (χ2v) is 13.2. The van der Waals surface area contributed by atoms with E-state index in [2.05, 4.69) is 35.9 Å². The zero-order chi connectivity index (χ0) is 36.5. The van der Waals surface area contributed by atoms with Crippen LogP contribution in [0.5, 0.6) is 5.75 Å². The van der Waals surface area contributed by atoms with E-state index in [1.807, 2.05) is 30.6 Å². The van der Waals surface area contributed by atoms with Crippen LogP contribution < -0.4 is 32.2 Å². The minimum atomic E-state index is -0.633. The van der Waals surface area contributed by atoms with Gasteiger partial charge in [-0.05, 0) is 63.0 Å². The van der Waals surface area contributed by atoms with Crippen LogP contribution in [0.4, 0.5) is 11.9 Å². The maximum Gasteiger partial charge on any atom is 0.276 e. The van der Waals surface area contributed by atoms with Gasteiger partial charge in [0.05, 0.1) is 16.8 Å². The van der Waals surface area contributed by atoms with Gasteiger partial charge in [0, 0.05) is 58.1 Å². The molecule has 0 aliphatic carbocycles. The van der Waals surface area contributed by atoms with Gasteiger partial charge in [0.25, 0.3) is 5.91 Å². The van der Waals surface area contributed by atoms with E-state index in [-0.39, 0.29) is 24.0 Å². The zero-order valence-corrected chi connectivity index (χ0v) is 29.4. The van der Waals surface area contributed by atoms with E-state index >= 15 is 0 Å². The Bertz CT molecular complexity index is 2190. The predicted octanol–water partition coefficient (Wildman–Crippen LogP) is 1.58. The van der Waals surface area contributed by atoms with Crippen molar-refractivity contribution in [1.29, 1.82) is 0 Å². The quantitative estimate of drug-likeness (QED) is 0.104. The number of carbonyl (C=O) groups is 3. The number of allylic oxidation sites excluding steroid dienone is 2. The number of fused-ring (bicyclic) bond motifs is 3. The number of rotatable bonds is 14. The monoisotopic (exact) mass is 709 g/mol. The first-order valence-electron chi connectivity index (χ1n) is 17.4. The Morgan fingerprint density at radius 2 is 1.65 bits per heavy atom. The first-order chi connectivity index (χ1) is 25.1. The first-order valence-corrected chi connectivity index (χ1v) is 17.4. The molecule has 2 aliphatic rings. The molecule has 3 amide bonds. The molecule has 0 saturated carbocycles. The number of nitrogens with zero attached hydrogens (tertiary/aromatic N) is 8. The van der Waals surface area contributed by atoms with Crippen molar-refractivity contribution >= 4 is 51.8 Å². The first kappa shape index (κ1) is 34.6. The number of amides is 3. The lowest BCUT2D eigenvalue weighted by atomic mass is 10.0. The summed E-state index contributed by atoms with van der Waals surface area (Å²) in [5.74, 6) is 1.14. The summed E-state index contributed by atoms with van der Waals surface area (Å²) in [4.78, 5) is 53.7. The predicted molar refractivity (Wildman–Crippen MR) is 195 cm³/mol. The number of hydrogen-bond donors (Lipinski definition) is 5. The van der Waals surface area contributed by atoms with E-state index in [1.165, 1.54) is 6.20 Å². The lowest BCUT2D eigenvalue weighted by molar-refractivity contribution is 0.0991. The highest BCUT2D eigenvalue weighted by Gasteiger charge is 2.35. The molecule has 2 saturated heterocycles. The molecular formula is C35H43N13O4. The number of nitrogens with one attached hydrogen (secondary N) is 3. The van der Waals surface area contributed by atoms with E-state index in [9.17, 15) is 14.4 Å². The Labute approximate surface area is 299 Å². The van der Waals surface area contributed by atoms with Crippen molar-refractivity contribution in [3.63, 3.8) is 0 Å². The molecule has 2 fully saturated rings. The number of nitrogens with two attached hydrogens (primary N) is 2. The molecule has 0 radical (unpaired) electrons. The van der Waals surface area contributed by atoms with Gasteiger partial charge in [0.1, 0.15) is 29.1 Å². The number of aromatic nitrogens is 7. The molecule has 4 aromatic heterocycles. The minimum absolute atomic E-state index is 0.203. The third-order valence-electron chi connectivity index (χ3n) is 9.72. The van der Waals surface area contributed by atoms with Crippen molar-refractivity contribution in [3.05, 3.63) is 65.1 Å². The van der Waals surface area contributed by atoms with Crippen LogP contribution >= 0.6 is 0 Å². The largest absolute Gasteiger partial charge is 0.490 e. The second kappa shape index (κ2) is 14.4. The lowest BCUT2D eigenvalue weighted by Crippen LogP contribution is -2.29. The van der Waals surface area contributed by atoms with Gasteiger partial charge in [0.15, 0.2) is 5.65 Å². The van der Waals surface area contributed by atoms with E-state index in [0.29, 0.717) is 71.2 Å². The molecule has 0 spiro atoms. The number of primary amides is 2. The van der Waals surface area contributed by atoms with Crippen LogP contribution in [0, 0.1) is 18.8 Å². The van der Waals surface area contributed by atoms with Crippen LogP contribution in [0.3, 0.4) is 0 Å². The fourth-order valence-corrected chi connectivity index (χ4v) is 7.18. The van der Waals surface area contributed by atoms with E-state index in [4.69, 9.17) is 21.2 Å². The van der Waals surface area contributed by atoms with Crippen molar-refractivity contribution in [2.24, 2.45) is 23.3 Å². The summed E-state index contributed by atoms with van der Waals surface area (Å²) < 4.78 is 11.7. The summed E-state index contributed by atoms with van der Waals surface area (Å²) in [7, 11) is 1.78. The molecular weight excluding hydrogens is 666 g/mol. The third-order valence-corrected chi connectivity index (χ3v) is 9.72. The molecule has 7 N–H and O–H groups in total. The van der Waals surface area contributed by atoms with E-state index in [1.54, 1.807) is 40.6 Å². The standard InChI is InChI=1S/C35H43N13O4/c1-4-48-27(11-20(2)44-48)33(51)43-35-42-26-13-22(31(37)50)17-40-32(26)47(35)8-6-5-7-46-29-25(41-34(46)38-3)12-21(30(36)49)14-28(29)52-10-9-45-18-23-15-39-16-24(23)19-45/h5-6,11-14,17,23-24,39H,4,7-10,15-16,18-19H2,1-3H3,(H2,36,49)(H2,37,50)(H,38,41)(H,42,43,51)/b6-5+. The average Bonchev–Trinajstić information content (AvgIpc) is 3.94. The Hall–Kier alpha value is -5.81. The molecule has 5 aromatic rings. The third kappa shape index (κ3) is 6.79. The highest BCUT2D eigenvalue weighted by molar-refractivity contribution is 6.03. The zero-order valence-electron chi connectivity index (χ0n) is 29.4. The maximum atomic E-state index is 13.4. The summed E-state index contributed by atoms with van der Waals surface area (Å²) >= 11 is 0. The number of aryl methyl sites for hydroxylation is 2. The van der Waals surface area contributed by atoms with Crippen molar-refractivity contribution in [2.75, 3.05) is 57.0 Å². The van der Waals surface area contributed by atoms with Crippen LogP contribution in [-0.4, -0.2) is 103 Å². The number of carbonyl (C=O) groups excluding carboxylic acids is 3. The van der Waals surface area contributed by atoms with Crippen molar-refractivity contribution in [2.45, 2.75) is 33.5 Å². The molecule has 52 heavy (non-hydrogen) atoms. The Balaban J connectivity index is 1.14. The molecule has 6 heterocycles. The molecule has 1 aromatic carbocycles. The van der Waals surface area contributed by atoms with Crippen LogP contribution in [-0.2, 0) is 19.6 Å². The molecule has 17 heteroatoms. The van der Waals surface area contributed by atoms with Gasteiger partial charge in [-0.3, -0.25) is 33.8 Å². The molecule has 2 atom stereocenters. The maximum absolute atomic E-state index is 13.4. The number of hydrogen-bond acceptors (Lipinski definition) is 11. The van der Waals surface area contributed by atoms with E-state index < -0.39 is 11.8 Å². The number of imidazole rings is 2. The van der Waals surface area contributed by atoms with Gasteiger partial charge < -0.3 is 31.4 Å². The normalized spacial score (nSPS) is 17.4. The average molecular weight is 710 g/mol. The molecule has 272 valence electrons. The second-order valence-electron chi connectivity index (χ2n) is 13.2. The van der Waals surface area contributed by atoms with Crippen molar-refractivity contribution in [3.8, 4) is 5.75 Å². The van der Waals surface area contributed by atoms with Gasteiger partial charge >= 0.3 is 0 Å². The smallest absolute Gasteiger partial charge is 0.276 e.